The Morgan fingerprint density at radius 3 is 2.55 bits per heavy atom. The molecule has 1 aliphatic heterocycles. The summed E-state index contributed by atoms with van der Waals surface area (Å²) in [5.74, 6) is 1.32. The molecule has 0 spiro atoms. The van der Waals surface area contributed by atoms with Crippen LogP contribution in [0.2, 0.25) is 0 Å². The summed E-state index contributed by atoms with van der Waals surface area (Å²) in [6, 6.07) is 20.7. The van der Waals surface area contributed by atoms with Gasteiger partial charge in [-0.2, -0.15) is 5.26 Å². The average molecular weight is 443 g/mol. The number of carbonyl (C=O) groups is 1. The van der Waals surface area contributed by atoms with Crippen molar-refractivity contribution in [3.63, 3.8) is 0 Å². The number of benzene rings is 2. The minimum atomic E-state index is -0.0984. The summed E-state index contributed by atoms with van der Waals surface area (Å²) >= 11 is 0. The van der Waals surface area contributed by atoms with Gasteiger partial charge in [0.25, 0.3) is 0 Å². The monoisotopic (exact) mass is 442 g/mol. The minimum Gasteiger partial charge on any atom is -0.497 e. The molecule has 1 amide bonds. The molecule has 4 rings (SSSR count). The van der Waals surface area contributed by atoms with E-state index in [0.717, 1.165) is 42.0 Å². The Balaban J connectivity index is 1.53. The van der Waals surface area contributed by atoms with Crippen molar-refractivity contribution in [2.45, 2.75) is 39.3 Å². The number of nitrogens with zero attached hydrogens (tertiary/aromatic N) is 3. The number of methoxy groups -OCH3 is 1. The molecule has 6 nitrogen and oxygen atoms in total. The molecule has 2 heterocycles. The van der Waals surface area contributed by atoms with Crippen molar-refractivity contribution in [2.75, 3.05) is 25.5 Å². The van der Waals surface area contributed by atoms with Crippen LogP contribution in [0.4, 0.5) is 5.82 Å². The molecule has 1 saturated heterocycles. The SMILES string of the molecule is COc1ccc(C2CCCN2CC(=O)Nc2c(C#N)c(C)c(C)n2Cc2ccccc2)cc1. The molecule has 1 N–H and O–H groups in total. The van der Waals surface area contributed by atoms with E-state index in [0.29, 0.717) is 17.9 Å². The number of aromatic nitrogens is 1. The van der Waals surface area contributed by atoms with Crippen LogP contribution in [0.15, 0.2) is 54.6 Å². The van der Waals surface area contributed by atoms with Gasteiger partial charge in [-0.3, -0.25) is 9.69 Å². The maximum Gasteiger partial charge on any atom is 0.239 e. The number of carbonyl (C=O) groups excluding carboxylic acids is 1. The largest absolute Gasteiger partial charge is 0.497 e. The standard InChI is InChI=1S/C27H30N4O2/c1-19-20(2)31(17-21-8-5-4-6-9-21)27(24(19)16-28)29-26(32)18-30-15-7-10-25(30)22-11-13-23(33-3)14-12-22/h4-6,8-9,11-14,25H,7,10,15,17-18H2,1-3H3,(H,29,32). The van der Waals surface area contributed by atoms with Crippen LogP contribution in [0.25, 0.3) is 0 Å². The van der Waals surface area contributed by atoms with Gasteiger partial charge >= 0.3 is 0 Å². The fraction of sp³-hybridized carbons (Fsp3) is 0.333. The number of hydrogen-bond donors (Lipinski definition) is 1. The first-order valence-corrected chi connectivity index (χ1v) is 11.3. The number of hydrogen-bond acceptors (Lipinski definition) is 4. The molecule has 2 aromatic carbocycles. The Hall–Kier alpha value is -3.56. The number of nitrogens with one attached hydrogen (secondary N) is 1. The van der Waals surface area contributed by atoms with Crippen molar-refractivity contribution in [1.82, 2.24) is 9.47 Å². The highest BCUT2D eigenvalue weighted by Crippen LogP contribution is 2.33. The lowest BCUT2D eigenvalue weighted by atomic mass is 10.0. The quantitative estimate of drug-likeness (QED) is 0.570. The van der Waals surface area contributed by atoms with Crippen LogP contribution in [0.5, 0.6) is 5.75 Å². The van der Waals surface area contributed by atoms with Gasteiger partial charge < -0.3 is 14.6 Å². The Morgan fingerprint density at radius 2 is 1.88 bits per heavy atom. The van der Waals surface area contributed by atoms with E-state index in [2.05, 4.69) is 40.6 Å². The fourth-order valence-corrected chi connectivity index (χ4v) is 4.67. The first-order valence-electron chi connectivity index (χ1n) is 11.3. The summed E-state index contributed by atoms with van der Waals surface area (Å²) in [7, 11) is 1.66. The molecule has 1 aromatic heterocycles. The summed E-state index contributed by atoms with van der Waals surface area (Å²) < 4.78 is 7.30. The fourth-order valence-electron chi connectivity index (χ4n) is 4.67. The van der Waals surface area contributed by atoms with Gasteiger partial charge in [-0.25, -0.2) is 0 Å². The normalized spacial score (nSPS) is 15.9. The van der Waals surface area contributed by atoms with E-state index in [9.17, 15) is 10.1 Å². The number of ether oxygens (including phenoxy) is 1. The summed E-state index contributed by atoms with van der Waals surface area (Å²) in [6.07, 6.45) is 2.07. The maximum atomic E-state index is 13.1. The van der Waals surface area contributed by atoms with Crippen LogP contribution >= 0.6 is 0 Å². The smallest absolute Gasteiger partial charge is 0.239 e. The number of amides is 1. The summed E-state index contributed by atoms with van der Waals surface area (Å²) in [5.41, 5.74) is 4.74. The molecular weight excluding hydrogens is 412 g/mol. The molecular formula is C27H30N4O2. The minimum absolute atomic E-state index is 0.0984. The zero-order valence-corrected chi connectivity index (χ0v) is 19.5. The highest BCUT2D eigenvalue weighted by molar-refractivity contribution is 5.93. The second kappa shape index (κ2) is 9.93. The first-order chi connectivity index (χ1) is 16.0. The third-order valence-corrected chi connectivity index (χ3v) is 6.59. The lowest BCUT2D eigenvalue weighted by molar-refractivity contribution is -0.117. The molecule has 0 saturated carbocycles. The van der Waals surface area contributed by atoms with Gasteiger partial charge in [0.2, 0.25) is 5.91 Å². The number of likely N-dealkylation sites (tertiary alicyclic amines) is 1. The van der Waals surface area contributed by atoms with Crippen molar-refractivity contribution in [3.05, 3.63) is 82.5 Å². The molecule has 170 valence electrons. The molecule has 0 radical (unpaired) electrons. The molecule has 3 aromatic rings. The van der Waals surface area contributed by atoms with E-state index in [1.165, 1.54) is 5.56 Å². The van der Waals surface area contributed by atoms with E-state index >= 15 is 0 Å². The molecule has 1 atom stereocenters. The zero-order chi connectivity index (χ0) is 23.4. The average Bonchev–Trinajstić information content (AvgIpc) is 3.38. The van der Waals surface area contributed by atoms with Gasteiger partial charge in [-0.15, -0.1) is 0 Å². The number of rotatable bonds is 7. The molecule has 0 aliphatic carbocycles. The third-order valence-electron chi connectivity index (χ3n) is 6.59. The van der Waals surface area contributed by atoms with Crippen LogP contribution < -0.4 is 10.1 Å². The number of nitriles is 1. The summed E-state index contributed by atoms with van der Waals surface area (Å²) in [4.78, 5) is 15.4. The Kier molecular flexibility index (Phi) is 6.81. The van der Waals surface area contributed by atoms with Gasteiger partial charge in [0, 0.05) is 18.3 Å². The van der Waals surface area contributed by atoms with E-state index < -0.39 is 0 Å². The highest BCUT2D eigenvalue weighted by atomic mass is 16.5. The van der Waals surface area contributed by atoms with Crippen LogP contribution in [0.1, 0.15) is 46.8 Å². The lowest BCUT2D eigenvalue weighted by Gasteiger charge is -2.24. The van der Waals surface area contributed by atoms with E-state index in [1.54, 1.807) is 7.11 Å². The summed E-state index contributed by atoms with van der Waals surface area (Å²) in [5, 5.41) is 12.9. The van der Waals surface area contributed by atoms with Crippen molar-refractivity contribution in [2.24, 2.45) is 0 Å². The van der Waals surface area contributed by atoms with Crippen molar-refractivity contribution < 1.29 is 9.53 Å². The predicted molar refractivity (Wildman–Crippen MR) is 129 cm³/mol. The first kappa shape index (κ1) is 22.6. The Labute approximate surface area is 195 Å². The maximum absolute atomic E-state index is 13.1. The van der Waals surface area contributed by atoms with Crippen LogP contribution in [0.3, 0.4) is 0 Å². The van der Waals surface area contributed by atoms with Crippen LogP contribution in [0, 0.1) is 25.2 Å². The second-order valence-electron chi connectivity index (χ2n) is 8.57. The zero-order valence-electron chi connectivity index (χ0n) is 19.5. The van der Waals surface area contributed by atoms with Crippen LogP contribution in [-0.2, 0) is 11.3 Å². The van der Waals surface area contributed by atoms with E-state index in [4.69, 9.17) is 4.74 Å². The molecule has 1 aliphatic rings. The lowest BCUT2D eigenvalue weighted by Crippen LogP contribution is -2.33. The van der Waals surface area contributed by atoms with Gasteiger partial charge in [0.1, 0.15) is 17.6 Å². The predicted octanol–water partition coefficient (Wildman–Crippen LogP) is 4.81. The molecule has 0 bridgehead atoms. The summed E-state index contributed by atoms with van der Waals surface area (Å²) in [6.45, 7) is 5.69. The van der Waals surface area contributed by atoms with Crippen LogP contribution in [-0.4, -0.2) is 35.6 Å². The molecule has 33 heavy (non-hydrogen) atoms. The topological polar surface area (TPSA) is 70.3 Å². The highest BCUT2D eigenvalue weighted by Gasteiger charge is 2.28. The molecule has 1 fully saturated rings. The van der Waals surface area contributed by atoms with Crippen molar-refractivity contribution in [1.29, 1.82) is 5.26 Å². The molecule has 1 unspecified atom stereocenters. The Morgan fingerprint density at radius 1 is 1.15 bits per heavy atom. The van der Waals surface area contributed by atoms with E-state index in [1.807, 2.05) is 48.7 Å². The van der Waals surface area contributed by atoms with Gasteiger partial charge in [-0.1, -0.05) is 42.5 Å². The number of anilines is 1. The third kappa shape index (κ3) is 4.79. The van der Waals surface area contributed by atoms with Gasteiger partial charge in [0.05, 0.1) is 19.2 Å². The van der Waals surface area contributed by atoms with Crippen molar-refractivity contribution >= 4 is 11.7 Å². The van der Waals surface area contributed by atoms with Crippen molar-refractivity contribution in [3.8, 4) is 11.8 Å². The van der Waals surface area contributed by atoms with Gasteiger partial charge in [-0.05, 0) is 62.1 Å². The second-order valence-corrected chi connectivity index (χ2v) is 8.57. The van der Waals surface area contributed by atoms with E-state index in [-0.39, 0.29) is 18.5 Å². The van der Waals surface area contributed by atoms with Gasteiger partial charge in [0.15, 0.2) is 0 Å². The Bertz CT molecular complexity index is 1160. The molecule has 6 heteroatoms.